The van der Waals surface area contributed by atoms with E-state index in [1.165, 1.54) is 0 Å². The van der Waals surface area contributed by atoms with Crippen LogP contribution in [0.25, 0.3) is 0 Å². The van der Waals surface area contributed by atoms with Gasteiger partial charge in [-0.05, 0) is 0 Å². The second-order valence-electron chi connectivity index (χ2n) is 4.82. The van der Waals surface area contributed by atoms with E-state index >= 15 is 0 Å². The van der Waals surface area contributed by atoms with Crippen molar-refractivity contribution >= 4 is 0 Å². The van der Waals surface area contributed by atoms with Crippen molar-refractivity contribution in [1.82, 2.24) is 14.7 Å². The zero-order valence-corrected chi connectivity index (χ0v) is 11.2. The van der Waals surface area contributed by atoms with E-state index in [2.05, 4.69) is 10.00 Å². The molecule has 6 nitrogen and oxygen atoms in total. The van der Waals surface area contributed by atoms with Gasteiger partial charge < -0.3 is 15.2 Å². The summed E-state index contributed by atoms with van der Waals surface area (Å²) in [5.74, 6) is 0. The van der Waals surface area contributed by atoms with E-state index in [0.717, 1.165) is 25.2 Å². The van der Waals surface area contributed by atoms with Crippen LogP contribution < -0.4 is 5.73 Å². The highest BCUT2D eigenvalue weighted by Crippen LogP contribution is 2.19. The molecular formula is C12H22N4O2. The van der Waals surface area contributed by atoms with Gasteiger partial charge in [-0.15, -0.1) is 0 Å². The maximum Gasteiger partial charge on any atom is 0.0971 e. The van der Waals surface area contributed by atoms with Crippen molar-refractivity contribution in [3.05, 3.63) is 18.0 Å². The van der Waals surface area contributed by atoms with Gasteiger partial charge in [-0.1, -0.05) is 0 Å². The third-order valence-electron chi connectivity index (χ3n) is 3.50. The first-order valence-electron chi connectivity index (χ1n) is 6.16. The molecule has 102 valence electrons. The Morgan fingerprint density at radius 1 is 1.39 bits per heavy atom. The minimum atomic E-state index is -0.0215. The molecule has 6 heteroatoms. The number of methoxy groups -OCH3 is 2. The molecule has 2 heterocycles. The number of aryl methyl sites for hydroxylation is 1. The lowest BCUT2D eigenvalue weighted by atomic mass is 10.1. The Bertz CT molecular complexity index is 370. The molecule has 1 fully saturated rings. The predicted octanol–water partition coefficient (Wildman–Crippen LogP) is -0.234. The molecule has 3 atom stereocenters. The third-order valence-corrected chi connectivity index (χ3v) is 3.50. The third kappa shape index (κ3) is 2.89. The minimum absolute atomic E-state index is 0.0215. The largest absolute Gasteiger partial charge is 0.377 e. The molecular weight excluding hydrogens is 232 g/mol. The summed E-state index contributed by atoms with van der Waals surface area (Å²) < 4.78 is 12.6. The van der Waals surface area contributed by atoms with Crippen molar-refractivity contribution < 1.29 is 9.47 Å². The highest BCUT2D eigenvalue weighted by Gasteiger charge is 2.33. The van der Waals surface area contributed by atoms with Crippen LogP contribution in [0.1, 0.15) is 11.6 Å². The van der Waals surface area contributed by atoms with Crippen molar-refractivity contribution in [2.24, 2.45) is 12.8 Å². The quantitative estimate of drug-likeness (QED) is 0.786. The van der Waals surface area contributed by atoms with Crippen LogP contribution in [0.15, 0.2) is 12.4 Å². The Labute approximate surface area is 108 Å². The fraction of sp³-hybridized carbons (Fsp3) is 0.750. The van der Waals surface area contributed by atoms with Crippen molar-refractivity contribution in [2.45, 2.75) is 18.2 Å². The zero-order chi connectivity index (χ0) is 13.1. The number of aromatic nitrogens is 2. The first kappa shape index (κ1) is 13.5. The molecule has 2 rings (SSSR count). The minimum Gasteiger partial charge on any atom is -0.377 e. The Balaban J connectivity index is 1.90. The summed E-state index contributed by atoms with van der Waals surface area (Å²) in [7, 11) is 5.34. The summed E-state index contributed by atoms with van der Waals surface area (Å²) >= 11 is 0. The Kier molecular flexibility index (Phi) is 4.34. The molecule has 18 heavy (non-hydrogen) atoms. The molecule has 0 spiro atoms. The van der Waals surface area contributed by atoms with Gasteiger partial charge in [0.25, 0.3) is 0 Å². The lowest BCUT2D eigenvalue weighted by Gasteiger charge is -2.19. The van der Waals surface area contributed by atoms with Crippen LogP contribution in [0.2, 0.25) is 0 Å². The molecule has 0 saturated carbocycles. The summed E-state index contributed by atoms with van der Waals surface area (Å²) in [4.78, 5) is 2.28. The van der Waals surface area contributed by atoms with E-state index in [9.17, 15) is 0 Å². The van der Waals surface area contributed by atoms with Crippen LogP contribution in [-0.2, 0) is 16.5 Å². The van der Waals surface area contributed by atoms with E-state index in [1.807, 2.05) is 19.4 Å². The predicted molar refractivity (Wildman–Crippen MR) is 68.2 cm³/mol. The van der Waals surface area contributed by atoms with Crippen LogP contribution in [0.4, 0.5) is 0 Å². The van der Waals surface area contributed by atoms with Crippen molar-refractivity contribution in [2.75, 3.05) is 33.9 Å². The average molecular weight is 254 g/mol. The maximum absolute atomic E-state index is 6.19. The second-order valence-corrected chi connectivity index (χ2v) is 4.82. The summed E-state index contributed by atoms with van der Waals surface area (Å²) in [6.45, 7) is 2.53. The number of nitrogens with zero attached hydrogens (tertiary/aromatic N) is 3. The first-order chi connectivity index (χ1) is 8.63. The standard InChI is InChI=1S/C12H22N4O2/c1-15-5-9(4-14-15)10(13)6-16-7-11(17-2)12(8-16)18-3/h4-5,10-12H,6-8,13H2,1-3H3. The van der Waals surface area contributed by atoms with E-state index in [-0.39, 0.29) is 18.2 Å². The first-order valence-corrected chi connectivity index (χ1v) is 6.16. The lowest BCUT2D eigenvalue weighted by molar-refractivity contribution is -0.00461. The number of likely N-dealkylation sites (tertiary alicyclic amines) is 1. The molecule has 1 aromatic rings. The molecule has 0 aromatic carbocycles. The molecule has 1 saturated heterocycles. The van der Waals surface area contributed by atoms with Gasteiger partial charge in [0.15, 0.2) is 0 Å². The van der Waals surface area contributed by atoms with Crippen molar-refractivity contribution in [1.29, 1.82) is 0 Å². The second kappa shape index (κ2) is 5.79. The number of rotatable bonds is 5. The smallest absolute Gasteiger partial charge is 0.0971 e. The molecule has 0 radical (unpaired) electrons. The van der Waals surface area contributed by atoms with Crippen molar-refractivity contribution in [3.63, 3.8) is 0 Å². The Morgan fingerprint density at radius 2 is 2.00 bits per heavy atom. The van der Waals surface area contributed by atoms with Gasteiger partial charge in [-0.25, -0.2) is 0 Å². The highest BCUT2D eigenvalue weighted by molar-refractivity contribution is 5.10. The van der Waals surface area contributed by atoms with Crippen LogP contribution in [0.3, 0.4) is 0 Å². The van der Waals surface area contributed by atoms with Gasteiger partial charge in [-0.2, -0.15) is 5.10 Å². The fourth-order valence-corrected chi connectivity index (χ4v) is 2.44. The van der Waals surface area contributed by atoms with Crippen molar-refractivity contribution in [3.8, 4) is 0 Å². The van der Waals surface area contributed by atoms with Gasteiger partial charge in [0, 0.05) is 58.7 Å². The normalized spacial score (nSPS) is 26.7. The number of ether oxygens (including phenoxy) is 2. The van der Waals surface area contributed by atoms with Gasteiger partial charge in [-0.3, -0.25) is 9.58 Å². The van der Waals surface area contributed by atoms with E-state index < -0.39 is 0 Å². The zero-order valence-electron chi connectivity index (χ0n) is 11.2. The Morgan fingerprint density at radius 3 is 2.44 bits per heavy atom. The van der Waals surface area contributed by atoms with Crippen LogP contribution in [-0.4, -0.2) is 60.7 Å². The summed E-state index contributed by atoms with van der Waals surface area (Å²) in [6, 6.07) is -0.0215. The lowest BCUT2D eigenvalue weighted by Crippen LogP contribution is -2.31. The molecule has 0 aliphatic carbocycles. The molecule has 0 bridgehead atoms. The SMILES string of the molecule is COC1CN(CC(N)c2cnn(C)c2)CC1OC. The molecule has 1 aliphatic rings. The van der Waals surface area contributed by atoms with E-state index in [4.69, 9.17) is 15.2 Å². The molecule has 3 unspecified atom stereocenters. The van der Waals surface area contributed by atoms with E-state index in [0.29, 0.717) is 0 Å². The molecule has 2 N–H and O–H groups in total. The van der Waals surface area contributed by atoms with Gasteiger partial charge in [0.05, 0.1) is 18.4 Å². The molecule has 0 amide bonds. The monoisotopic (exact) mass is 254 g/mol. The molecule has 1 aromatic heterocycles. The fourth-order valence-electron chi connectivity index (χ4n) is 2.44. The molecule has 1 aliphatic heterocycles. The van der Waals surface area contributed by atoms with E-state index in [1.54, 1.807) is 18.9 Å². The summed E-state index contributed by atoms with van der Waals surface area (Å²) in [5, 5.41) is 4.14. The van der Waals surface area contributed by atoms with Crippen LogP contribution in [0, 0.1) is 0 Å². The van der Waals surface area contributed by atoms with Gasteiger partial charge in [0.1, 0.15) is 0 Å². The summed E-state index contributed by atoms with van der Waals surface area (Å²) in [5.41, 5.74) is 7.25. The average Bonchev–Trinajstić information content (AvgIpc) is 2.95. The highest BCUT2D eigenvalue weighted by atomic mass is 16.5. The number of hydrogen-bond donors (Lipinski definition) is 1. The van der Waals surface area contributed by atoms with Crippen LogP contribution >= 0.6 is 0 Å². The topological polar surface area (TPSA) is 65.5 Å². The van der Waals surface area contributed by atoms with Gasteiger partial charge >= 0.3 is 0 Å². The van der Waals surface area contributed by atoms with Crippen LogP contribution in [0.5, 0.6) is 0 Å². The summed E-state index contributed by atoms with van der Waals surface area (Å²) in [6.07, 6.45) is 4.05. The number of nitrogens with two attached hydrogens (primary N) is 1. The number of hydrogen-bond acceptors (Lipinski definition) is 5. The van der Waals surface area contributed by atoms with Gasteiger partial charge in [0.2, 0.25) is 0 Å². The maximum atomic E-state index is 6.19. The Hall–Kier alpha value is -0.950.